The highest BCUT2D eigenvalue weighted by molar-refractivity contribution is 7.86. The summed E-state index contributed by atoms with van der Waals surface area (Å²) in [6, 6.07) is 8.38. The van der Waals surface area contributed by atoms with Crippen molar-refractivity contribution in [3.05, 3.63) is 30.3 Å². The number of carbonyl (C=O) groups is 1. The van der Waals surface area contributed by atoms with Crippen LogP contribution in [0.15, 0.2) is 30.3 Å². The van der Waals surface area contributed by atoms with Gasteiger partial charge in [-0.25, -0.2) is 4.79 Å². The quantitative estimate of drug-likeness (QED) is 0.453. The fourth-order valence-corrected chi connectivity index (χ4v) is 1.67. The van der Waals surface area contributed by atoms with Crippen LogP contribution < -0.4 is 4.74 Å². The molecular weight excluding hydrogens is 244 g/mol. The first kappa shape index (κ1) is 13.7. The van der Waals surface area contributed by atoms with Crippen LogP contribution in [-0.2, 0) is 19.1 Å². The molecule has 94 valence electrons. The van der Waals surface area contributed by atoms with Gasteiger partial charge in [0.25, 0.3) is 10.1 Å². The molecule has 0 N–H and O–H groups in total. The summed E-state index contributed by atoms with van der Waals surface area (Å²) in [6.45, 7) is 2.77. The molecule has 0 unspecified atom stereocenters. The Hall–Kier alpha value is -1.40. The minimum Gasteiger partial charge on any atom is -0.425 e. The molecule has 0 saturated carbocycles. The van der Waals surface area contributed by atoms with E-state index in [4.69, 9.17) is 4.74 Å². The van der Waals surface area contributed by atoms with Crippen LogP contribution in [0.4, 0.5) is 0 Å². The normalized spacial score (nSPS) is 13.1. The lowest BCUT2D eigenvalue weighted by atomic mass is 10.3. The summed E-state index contributed by atoms with van der Waals surface area (Å²) in [5, 5.41) is 0. The van der Waals surface area contributed by atoms with E-state index in [2.05, 4.69) is 4.18 Å². The van der Waals surface area contributed by atoms with Gasteiger partial charge < -0.3 is 4.74 Å². The third-order valence-corrected chi connectivity index (χ3v) is 3.23. The van der Waals surface area contributed by atoms with Crippen molar-refractivity contribution in [1.82, 2.24) is 0 Å². The first-order valence-electron chi connectivity index (χ1n) is 5.12. The van der Waals surface area contributed by atoms with Gasteiger partial charge in [0.2, 0.25) is 0 Å². The number of hydrogen-bond acceptors (Lipinski definition) is 5. The van der Waals surface area contributed by atoms with Gasteiger partial charge in [-0.2, -0.15) is 8.42 Å². The lowest BCUT2D eigenvalue weighted by Gasteiger charge is -2.11. The number of hydrogen-bond donors (Lipinski definition) is 0. The second-order valence-electron chi connectivity index (χ2n) is 3.32. The number of ether oxygens (including phenoxy) is 1. The zero-order chi connectivity index (χ0) is 12.9. The largest absolute Gasteiger partial charge is 0.425 e. The Labute approximate surface area is 100 Å². The van der Waals surface area contributed by atoms with Crippen LogP contribution >= 0.6 is 0 Å². The summed E-state index contributed by atoms with van der Waals surface area (Å²) in [5.41, 5.74) is 0. The molecule has 0 heterocycles. The summed E-state index contributed by atoms with van der Waals surface area (Å²) in [6.07, 6.45) is -1.15. The molecule has 1 aromatic carbocycles. The van der Waals surface area contributed by atoms with Gasteiger partial charge in [-0.05, 0) is 26.0 Å². The Bertz CT molecular complexity index is 466. The SMILES string of the molecule is CCS(=O)(=O)O[C@@H](C)C(=O)Oc1ccccc1. The van der Waals surface area contributed by atoms with E-state index in [1.165, 1.54) is 13.8 Å². The maximum Gasteiger partial charge on any atom is 0.341 e. The van der Waals surface area contributed by atoms with Crippen molar-refractivity contribution in [3.8, 4) is 5.75 Å². The maximum atomic E-state index is 11.5. The van der Waals surface area contributed by atoms with Gasteiger partial charge in [-0.1, -0.05) is 18.2 Å². The standard InChI is InChI=1S/C11H14O5S/c1-3-17(13,14)16-9(2)11(12)15-10-7-5-4-6-8-10/h4-9H,3H2,1-2H3/t9-/m0/s1. The second kappa shape index (κ2) is 5.79. The molecule has 0 radical (unpaired) electrons. The lowest BCUT2D eigenvalue weighted by molar-refractivity contribution is -0.141. The molecule has 6 heteroatoms. The van der Waals surface area contributed by atoms with Gasteiger partial charge in [0.1, 0.15) is 5.75 Å². The van der Waals surface area contributed by atoms with Gasteiger partial charge >= 0.3 is 5.97 Å². The minimum absolute atomic E-state index is 0.185. The van der Waals surface area contributed by atoms with Gasteiger partial charge in [-0.3, -0.25) is 4.18 Å². The first-order valence-corrected chi connectivity index (χ1v) is 6.70. The summed E-state index contributed by atoms with van der Waals surface area (Å²) in [7, 11) is -3.66. The van der Waals surface area contributed by atoms with Crippen LogP contribution in [0.2, 0.25) is 0 Å². The van der Waals surface area contributed by atoms with Gasteiger partial charge in [-0.15, -0.1) is 0 Å². The van der Waals surface area contributed by atoms with E-state index in [1.54, 1.807) is 30.3 Å². The van der Waals surface area contributed by atoms with E-state index in [0.717, 1.165) is 0 Å². The van der Waals surface area contributed by atoms with E-state index in [-0.39, 0.29) is 5.75 Å². The Morgan fingerprint density at radius 2 is 1.88 bits per heavy atom. The smallest absolute Gasteiger partial charge is 0.341 e. The molecule has 17 heavy (non-hydrogen) atoms. The molecule has 0 fully saturated rings. The van der Waals surface area contributed by atoms with Gasteiger partial charge in [0, 0.05) is 0 Å². The zero-order valence-electron chi connectivity index (χ0n) is 9.62. The van der Waals surface area contributed by atoms with Crippen molar-refractivity contribution < 1.29 is 22.1 Å². The Kier molecular flexibility index (Phi) is 4.65. The molecule has 1 aromatic rings. The van der Waals surface area contributed by atoms with Crippen LogP contribution in [0.25, 0.3) is 0 Å². The molecule has 0 amide bonds. The fourth-order valence-electron chi connectivity index (χ4n) is 1.01. The molecule has 0 aromatic heterocycles. The average Bonchev–Trinajstić information content (AvgIpc) is 2.30. The van der Waals surface area contributed by atoms with Crippen LogP contribution in [0.3, 0.4) is 0 Å². The monoisotopic (exact) mass is 258 g/mol. The second-order valence-corrected chi connectivity index (χ2v) is 5.20. The van der Waals surface area contributed by atoms with Gasteiger partial charge in [0.15, 0.2) is 6.10 Å². The Balaban J connectivity index is 2.60. The van der Waals surface area contributed by atoms with Crippen molar-refractivity contribution in [2.45, 2.75) is 20.0 Å². The molecule has 0 aliphatic carbocycles. The first-order chi connectivity index (χ1) is 7.94. The highest BCUT2D eigenvalue weighted by Gasteiger charge is 2.22. The highest BCUT2D eigenvalue weighted by Crippen LogP contribution is 2.11. The molecule has 5 nitrogen and oxygen atoms in total. The Morgan fingerprint density at radius 1 is 1.29 bits per heavy atom. The molecular formula is C11H14O5S. The van der Waals surface area contributed by atoms with E-state index in [0.29, 0.717) is 5.75 Å². The van der Waals surface area contributed by atoms with Crippen LogP contribution in [0.5, 0.6) is 5.75 Å². The number of rotatable bonds is 5. The average molecular weight is 258 g/mol. The van der Waals surface area contributed by atoms with Crippen LogP contribution in [-0.4, -0.2) is 26.2 Å². The maximum absolute atomic E-state index is 11.5. The Morgan fingerprint density at radius 3 is 2.41 bits per heavy atom. The third-order valence-electron chi connectivity index (χ3n) is 1.94. The molecule has 0 saturated heterocycles. The van der Waals surface area contributed by atoms with Crippen LogP contribution in [0, 0.1) is 0 Å². The van der Waals surface area contributed by atoms with Gasteiger partial charge in [0.05, 0.1) is 5.75 Å². The van der Waals surface area contributed by atoms with Crippen molar-refractivity contribution in [2.24, 2.45) is 0 Å². The fraction of sp³-hybridized carbons (Fsp3) is 0.364. The van der Waals surface area contributed by atoms with Crippen molar-refractivity contribution in [2.75, 3.05) is 5.75 Å². The third kappa shape index (κ3) is 4.54. The predicted octanol–water partition coefficient (Wildman–Crippen LogP) is 1.35. The van der Waals surface area contributed by atoms with Crippen molar-refractivity contribution in [3.63, 3.8) is 0 Å². The van der Waals surface area contributed by atoms with Crippen molar-refractivity contribution in [1.29, 1.82) is 0 Å². The minimum atomic E-state index is -3.66. The summed E-state index contributed by atoms with van der Waals surface area (Å²) in [5.74, 6) is -0.578. The van der Waals surface area contributed by atoms with Crippen LogP contribution in [0.1, 0.15) is 13.8 Å². The molecule has 0 spiro atoms. The molecule has 1 atom stereocenters. The highest BCUT2D eigenvalue weighted by atomic mass is 32.2. The van der Waals surface area contributed by atoms with E-state index >= 15 is 0 Å². The predicted molar refractivity (Wildman–Crippen MR) is 62.1 cm³/mol. The van der Waals surface area contributed by atoms with E-state index < -0.39 is 22.2 Å². The molecule has 1 rings (SSSR count). The zero-order valence-corrected chi connectivity index (χ0v) is 10.4. The van der Waals surface area contributed by atoms with E-state index in [9.17, 15) is 13.2 Å². The molecule has 0 aliphatic rings. The van der Waals surface area contributed by atoms with E-state index in [1.807, 2.05) is 0 Å². The molecule has 0 aliphatic heterocycles. The topological polar surface area (TPSA) is 69.7 Å². The number of para-hydroxylation sites is 1. The lowest BCUT2D eigenvalue weighted by Crippen LogP contribution is -2.29. The summed E-state index contributed by atoms with van der Waals surface area (Å²) in [4.78, 5) is 11.5. The summed E-state index contributed by atoms with van der Waals surface area (Å²) < 4.78 is 31.8. The van der Waals surface area contributed by atoms with Crippen molar-refractivity contribution >= 4 is 16.1 Å². The molecule has 0 bridgehead atoms. The number of benzene rings is 1. The summed E-state index contributed by atoms with van der Waals surface area (Å²) >= 11 is 0. The number of carbonyl (C=O) groups excluding carboxylic acids is 1. The number of esters is 1.